The van der Waals surface area contributed by atoms with Gasteiger partial charge >= 0.3 is 0 Å². The molecule has 6 heteroatoms. The molecular formula is C23H24N4O2. The Labute approximate surface area is 169 Å². The third-order valence-electron chi connectivity index (χ3n) is 5.82. The molecule has 3 aromatic rings. The lowest BCUT2D eigenvalue weighted by atomic mass is 10.1. The van der Waals surface area contributed by atoms with Gasteiger partial charge in [0.25, 0.3) is 5.91 Å². The zero-order valence-electron chi connectivity index (χ0n) is 16.5. The number of carbonyl (C=O) groups excluding carboxylic acids is 2. The number of imidazole rings is 1. The largest absolute Gasteiger partial charge is 0.352 e. The lowest BCUT2D eigenvalue weighted by Crippen LogP contribution is -2.46. The van der Waals surface area contributed by atoms with Crippen molar-refractivity contribution >= 4 is 22.8 Å². The molecule has 1 saturated heterocycles. The van der Waals surface area contributed by atoms with E-state index in [0.717, 1.165) is 48.2 Å². The normalized spacial score (nSPS) is 18.9. The molecule has 5 rings (SSSR count). The smallest absolute Gasteiger partial charge is 0.254 e. The lowest BCUT2D eigenvalue weighted by molar-refractivity contribution is -0.125. The van der Waals surface area contributed by atoms with Crippen LogP contribution in [0.4, 0.5) is 0 Å². The van der Waals surface area contributed by atoms with Crippen LogP contribution in [0.5, 0.6) is 0 Å². The highest BCUT2D eigenvalue weighted by atomic mass is 16.2. The van der Waals surface area contributed by atoms with Crippen LogP contribution in [-0.4, -0.2) is 44.9 Å². The number of nitrogens with one attached hydrogen (secondary N) is 1. The van der Waals surface area contributed by atoms with Crippen molar-refractivity contribution in [3.05, 3.63) is 59.9 Å². The van der Waals surface area contributed by atoms with E-state index >= 15 is 0 Å². The SMILES string of the molecule is Cc1nc2cc(C(=O)N3CCCC3C(=O)NC3CC3)ccc2n1-c1ccccc1. The third-order valence-corrected chi connectivity index (χ3v) is 5.82. The first-order valence-electron chi connectivity index (χ1n) is 10.3. The van der Waals surface area contributed by atoms with E-state index in [2.05, 4.69) is 14.9 Å². The van der Waals surface area contributed by atoms with Gasteiger partial charge in [0, 0.05) is 23.8 Å². The molecule has 6 nitrogen and oxygen atoms in total. The Bertz CT molecular complexity index is 1080. The van der Waals surface area contributed by atoms with Gasteiger partial charge in [-0.05, 0) is 62.9 Å². The number of carbonyl (C=O) groups is 2. The number of nitrogens with zero attached hydrogens (tertiary/aromatic N) is 3. The number of hydrogen-bond donors (Lipinski definition) is 1. The number of para-hydroxylation sites is 1. The molecule has 0 bridgehead atoms. The second kappa shape index (κ2) is 7.03. The molecule has 1 saturated carbocycles. The van der Waals surface area contributed by atoms with Crippen LogP contribution in [0.3, 0.4) is 0 Å². The van der Waals surface area contributed by atoms with Gasteiger partial charge in [0.05, 0.1) is 11.0 Å². The molecule has 0 radical (unpaired) electrons. The fraction of sp³-hybridized carbons (Fsp3) is 0.348. The van der Waals surface area contributed by atoms with Crippen LogP contribution in [0, 0.1) is 6.92 Å². The van der Waals surface area contributed by atoms with Crippen molar-refractivity contribution in [3.8, 4) is 5.69 Å². The highest BCUT2D eigenvalue weighted by Gasteiger charge is 2.36. The van der Waals surface area contributed by atoms with Crippen molar-refractivity contribution in [2.75, 3.05) is 6.54 Å². The van der Waals surface area contributed by atoms with Gasteiger partial charge < -0.3 is 10.2 Å². The van der Waals surface area contributed by atoms with Crippen molar-refractivity contribution in [1.82, 2.24) is 19.8 Å². The summed E-state index contributed by atoms with van der Waals surface area (Å²) in [6, 6.07) is 15.7. The van der Waals surface area contributed by atoms with Gasteiger partial charge in [0.1, 0.15) is 11.9 Å². The van der Waals surface area contributed by atoms with Gasteiger partial charge in [-0.3, -0.25) is 14.2 Å². The summed E-state index contributed by atoms with van der Waals surface area (Å²) in [5.74, 6) is 0.773. The highest BCUT2D eigenvalue weighted by Crippen LogP contribution is 2.26. The maximum Gasteiger partial charge on any atom is 0.254 e. The van der Waals surface area contributed by atoms with Gasteiger partial charge in [-0.1, -0.05) is 18.2 Å². The second-order valence-electron chi connectivity index (χ2n) is 7.97. The molecule has 1 atom stereocenters. The molecule has 2 heterocycles. The number of benzene rings is 2. The molecule has 1 unspecified atom stereocenters. The topological polar surface area (TPSA) is 67.2 Å². The minimum atomic E-state index is -0.359. The Hall–Kier alpha value is -3.15. The summed E-state index contributed by atoms with van der Waals surface area (Å²) < 4.78 is 2.09. The lowest BCUT2D eigenvalue weighted by Gasteiger charge is -2.24. The van der Waals surface area contributed by atoms with E-state index in [1.807, 2.05) is 55.5 Å². The summed E-state index contributed by atoms with van der Waals surface area (Å²) in [6.45, 7) is 2.59. The van der Waals surface area contributed by atoms with Crippen molar-refractivity contribution in [2.24, 2.45) is 0 Å². The molecule has 1 aromatic heterocycles. The summed E-state index contributed by atoms with van der Waals surface area (Å²) in [5, 5.41) is 3.04. The summed E-state index contributed by atoms with van der Waals surface area (Å²) in [5.41, 5.74) is 3.38. The molecule has 2 fully saturated rings. The van der Waals surface area contributed by atoms with E-state index in [1.165, 1.54) is 0 Å². The zero-order valence-corrected chi connectivity index (χ0v) is 16.5. The predicted molar refractivity (Wildman–Crippen MR) is 111 cm³/mol. The monoisotopic (exact) mass is 388 g/mol. The number of amides is 2. The third kappa shape index (κ3) is 3.28. The Morgan fingerprint density at radius 3 is 2.62 bits per heavy atom. The molecule has 1 aliphatic carbocycles. The summed E-state index contributed by atoms with van der Waals surface area (Å²) in [4.78, 5) is 32.1. The van der Waals surface area contributed by atoms with E-state index in [9.17, 15) is 9.59 Å². The minimum Gasteiger partial charge on any atom is -0.352 e. The van der Waals surface area contributed by atoms with Crippen molar-refractivity contribution in [1.29, 1.82) is 0 Å². The fourth-order valence-electron chi connectivity index (χ4n) is 4.21. The van der Waals surface area contributed by atoms with Crippen LogP contribution in [0.25, 0.3) is 16.7 Å². The summed E-state index contributed by atoms with van der Waals surface area (Å²) in [7, 11) is 0. The quantitative estimate of drug-likeness (QED) is 0.746. The molecule has 29 heavy (non-hydrogen) atoms. The Morgan fingerprint density at radius 2 is 1.86 bits per heavy atom. The average Bonchev–Trinajstić information content (AvgIpc) is 3.28. The van der Waals surface area contributed by atoms with Gasteiger partial charge in [-0.25, -0.2) is 4.98 Å². The number of aryl methyl sites for hydroxylation is 1. The van der Waals surface area contributed by atoms with E-state index < -0.39 is 0 Å². The molecule has 0 spiro atoms. The number of rotatable bonds is 4. The van der Waals surface area contributed by atoms with Crippen molar-refractivity contribution < 1.29 is 9.59 Å². The number of likely N-dealkylation sites (tertiary alicyclic amines) is 1. The molecule has 2 aliphatic rings. The first-order chi connectivity index (χ1) is 14.1. The molecule has 2 amide bonds. The first-order valence-corrected chi connectivity index (χ1v) is 10.3. The first kappa shape index (κ1) is 17.9. The molecule has 148 valence electrons. The van der Waals surface area contributed by atoms with Crippen LogP contribution < -0.4 is 5.32 Å². The van der Waals surface area contributed by atoms with Crippen molar-refractivity contribution in [3.63, 3.8) is 0 Å². The zero-order chi connectivity index (χ0) is 20.0. The summed E-state index contributed by atoms with van der Waals surface area (Å²) in [6.07, 6.45) is 3.69. The Kier molecular flexibility index (Phi) is 4.34. The van der Waals surface area contributed by atoms with Crippen LogP contribution in [0.15, 0.2) is 48.5 Å². The second-order valence-corrected chi connectivity index (χ2v) is 7.97. The number of fused-ring (bicyclic) bond motifs is 1. The summed E-state index contributed by atoms with van der Waals surface area (Å²) >= 11 is 0. The van der Waals surface area contributed by atoms with Gasteiger partial charge in [-0.2, -0.15) is 0 Å². The average molecular weight is 388 g/mol. The van der Waals surface area contributed by atoms with E-state index in [4.69, 9.17) is 0 Å². The Balaban J connectivity index is 1.44. The highest BCUT2D eigenvalue weighted by molar-refractivity contribution is 6.00. The van der Waals surface area contributed by atoms with Gasteiger partial charge in [0.15, 0.2) is 0 Å². The number of aromatic nitrogens is 2. The van der Waals surface area contributed by atoms with E-state index in [1.54, 1.807) is 4.90 Å². The molecular weight excluding hydrogens is 364 g/mol. The van der Waals surface area contributed by atoms with Crippen molar-refractivity contribution in [2.45, 2.75) is 44.7 Å². The van der Waals surface area contributed by atoms with E-state index in [0.29, 0.717) is 18.2 Å². The maximum absolute atomic E-state index is 13.2. The minimum absolute atomic E-state index is 0.0105. The predicted octanol–water partition coefficient (Wildman–Crippen LogP) is 3.22. The molecule has 1 aliphatic heterocycles. The van der Waals surface area contributed by atoms with Crippen LogP contribution in [-0.2, 0) is 4.79 Å². The molecule has 1 N–H and O–H groups in total. The standard InChI is InChI=1S/C23H24N4O2/c1-15-24-19-14-16(9-12-20(19)27(15)18-6-3-2-4-7-18)23(29)26-13-5-8-21(26)22(28)25-17-10-11-17/h2-4,6-7,9,12,14,17,21H,5,8,10-11,13H2,1H3,(H,25,28). The van der Waals surface area contributed by atoms with Gasteiger partial charge in [-0.15, -0.1) is 0 Å². The van der Waals surface area contributed by atoms with E-state index in [-0.39, 0.29) is 17.9 Å². The fourth-order valence-corrected chi connectivity index (χ4v) is 4.21. The van der Waals surface area contributed by atoms with Crippen LogP contribution in [0.2, 0.25) is 0 Å². The van der Waals surface area contributed by atoms with Crippen LogP contribution >= 0.6 is 0 Å². The maximum atomic E-state index is 13.2. The molecule has 2 aromatic carbocycles. The van der Waals surface area contributed by atoms with Gasteiger partial charge in [0.2, 0.25) is 5.91 Å². The Morgan fingerprint density at radius 1 is 1.07 bits per heavy atom. The van der Waals surface area contributed by atoms with Crippen LogP contribution in [0.1, 0.15) is 41.9 Å². The number of hydrogen-bond acceptors (Lipinski definition) is 3.